The predicted molar refractivity (Wildman–Crippen MR) is 58.1 cm³/mol. The van der Waals surface area contributed by atoms with E-state index in [-0.39, 0.29) is 12.5 Å². The zero-order chi connectivity index (χ0) is 11.4. The van der Waals surface area contributed by atoms with Gasteiger partial charge in [0, 0.05) is 16.9 Å². The molecule has 2 atom stereocenters. The summed E-state index contributed by atoms with van der Waals surface area (Å²) < 4.78 is 19.7. The minimum Gasteiger partial charge on any atom is -0.364 e. The fourth-order valence-electron chi connectivity index (χ4n) is 0.313. The Morgan fingerprint density at radius 1 is 1.43 bits per heavy atom. The number of hydrogen-bond acceptors (Lipinski definition) is 4. The van der Waals surface area contributed by atoms with Crippen LogP contribution in [0.4, 0.5) is 0 Å². The van der Waals surface area contributed by atoms with Crippen molar-refractivity contribution in [2.45, 2.75) is 26.6 Å². The maximum absolute atomic E-state index is 10.7. The van der Waals surface area contributed by atoms with Gasteiger partial charge in [0.05, 0.1) is 5.88 Å². The second-order valence-corrected chi connectivity index (χ2v) is 3.81. The molecule has 0 aromatic rings. The van der Waals surface area contributed by atoms with E-state index in [4.69, 9.17) is 28.3 Å². The van der Waals surface area contributed by atoms with E-state index in [1.165, 1.54) is 0 Å². The molecule has 2 unspecified atom stereocenters. The summed E-state index contributed by atoms with van der Waals surface area (Å²) in [6, 6.07) is 0. The smallest absolute Gasteiger partial charge is 0.364 e. The first-order valence-corrected chi connectivity index (χ1v) is 6.35. The van der Waals surface area contributed by atoms with Gasteiger partial charge in [0.25, 0.3) is 0 Å². The van der Waals surface area contributed by atoms with E-state index in [2.05, 4.69) is 9.05 Å². The lowest BCUT2D eigenvalue weighted by atomic mass is 10.5. The van der Waals surface area contributed by atoms with Gasteiger partial charge in [0.15, 0.2) is 0 Å². The van der Waals surface area contributed by atoms with Gasteiger partial charge >= 0.3 is 8.25 Å². The van der Waals surface area contributed by atoms with Crippen LogP contribution in [-0.4, -0.2) is 29.8 Å². The quantitative estimate of drug-likeness (QED) is 0.456. The van der Waals surface area contributed by atoms with Crippen molar-refractivity contribution in [3.63, 3.8) is 0 Å². The Hall–Kier alpha value is 0.560. The third kappa shape index (κ3) is 15.1. The fraction of sp³-hybridized carbons (Fsp3) is 1.00. The second-order valence-electron chi connectivity index (χ2n) is 1.98. The Morgan fingerprint density at radius 3 is 2.29 bits per heavy atom. The summed E-state index contributed by atoms with van der Waals surface area (Å²) in [4.78, 5) is 0. The van der Waals surface area contributed by atoms with Gasteiger partial charge in [0.1, 0.15) is 6.61 Å². The van der Waals surface area contributed by atoms with Crippen molar-refractivity contribution >= 4 is 31.5 Å². The molecule has 0 aliphatic rings. The van der Waals surface area contributed by atoms with Crippen LogP contribution in [0, 0.1) is 0 Å². The van der Waals surface area contributed by atoms with E-state index in [9.17, 15) is 4.57 Å². The molecule has 7 heteroatoms. The topological polar surface area (TPSA) is 55.8 Å². The van der Waals surface area contributed by atoms with Crippen molar-refractivity contribution in [3.8, 4) is 0 Å². The third-order valence-corrected chi connectivity index (χ3v) is 1.79. The first-order valence-electron chi connectivity index (χ1n) is 4.19. The number of alkyl halides is 2. The lowest BCUT2D eigenvalue weighted by Crippen LogP contribution is -2.05. The van der Waals surface area contributed by atoms with Crippen LogP contribution in [-0.2, 0) is 13.6 Å². The Morgan fingerprint density at radius 2 is 1.93 bits per heavy atom. The van der Waals surface area contributed by atoms with Gasteiger partial charge in [0.2, 0.25) is 6.29 Å². The maximum atomic E-state index is 10.7. The van der Waals surface area contributed by atoms with Crippen LogP contribution in [0.2, 0.25) is 0 Å². The highest BCUT2D eigenvalue weighted by molar-refractivity contribution is 7.33. The second kappa shape index (κ2) is 13.6. The molecule has 0 fully saturated rings. The molecular weight excluding hydrogens is 250 g/mol. The van der Waals surface area contributed by atoms with Crippen LogP contribution in [0.5, 0.6) is 0 Å². The van der Waals surface area contributed by atoms with E-state index in [0.29, 0.717) is 6.42 Å². The molecule has 14 heavy (non-hydrogen) atoms. The zero-order valence-electron chi connectivity index (χ0n) is 8.28. The van der Waals surface area contributed by atoms with Gasteiger partial charge in [-0.15, -0.1) is 27.7 Å². The molecule has 4 nitrogen and oxygen atoms in total. The van der Waals surface area contributed by atoms with Crippen LogP contribution in [0.1, 0.15) is 20.3 Å². The van der Waals surface area contributed by atoms with Crippen LogP contribution in [0.3, 0.4) is 0 Å². The molecule has 86 valence electrons. The summed E-state index contributed by atoms with van der Waals surface area (Å²) in [5, 5.41) is 8.81. The fourth-order valence-corrected chi connectivity index (χ4v) is 1.15. The molecule has 0 saturated carbocycles. The summed E-state index contributed by atoms with van der Waals surface area (Å²) in [6.07, 6.45) is -0.639. The van der Waals surface area contributed by atoms with Crippen LogP contribution < -0.4 is 0 Å². The first kappa shape index (κ1) is 17.0. The Balaban J connectivity index is 0. The minimum absolute atomic E-state index is 0.160. The molecule has 0 amide bonds. The Kier molecular flexibility index (Phi) is 16.4. The average Bonchev–Trinajstić information content (AvgIpc) is 2.15. The van der Waals surface area contributed by atoms with Gasteiger partial charge in [-0.3, -0.25) is 0 Å². The summed E-state index contributed by atoms with van der Waals surface area (Å²) in [7, 11) is -2.22. The largest absolute Gasteiger partial charge is 0.700 e. The molecule has 0 bridgehead atoms. The number of aliphatic hydroxyl groups is 1. The monoisotopic (exact) mass is 265 g/mol. The van der Waals surface area contributed by atoms with E-state index in [1.807, 2.05) is 6.92 Å². The molecule has 1 N–H and O–H groups in total. The zero-order valence-corrected chi connectivity index (χ0v) is 10.7. The lowest BCUT2D eigenvalue weighted by Gasteiger charge is -1.95. The van der Waals surface area contributed by atoms with E-state index < -0.39 is 14.5 Å². The molecule has 0 aliphatic carbocycles. The molecular formula is C7H16Cl2O4P+. The molecule has 0 spiro atoms. The highest BCUT2D eigenvalue weighted by Gasteiger charge is 2.24. The van der Waals surface area contributed by atoms with Crippen molar-refractivity contribution in [3.05, 3.63) is 0 Å². The molecule has 0 aromatic heterocycles. The summed E-state index contributed by atoms with van der Waals surface area (Å²) in [6.45, 7) is 3.75. The summed E-state index contributed by atoms with van der Waals surface area (Å²) in [5.41, 5.74) is 0. The normalized spacial score (nSPS) is 12.8. The standard InChI is InChI=1S/C5H11ClO4P.C2H5Cl/c1-2-5(7)10-11(8)9-4-3-6;1-2-3/h5,7H,2-4H2,1H3;2H2,1H3/q+1;. The van der Waals surface area contributed by atoms with Gasteiger partial charge in [-0.1, -0.05) is 18.4 Å². The van der Waals surface area contributed by atoms with Crippen molar-refractivity contribution in [1.29, 1.82) is 0 Å². The predicted octanol–water partition coefficient (Wildman–Crippen LogP) is 2.89. The van der Waals surface area contributed by atoms with Gasteiger partial charge in [-0.25, -0.2) is 0 Å². The minimum atomic E-state index is -2.22. The van der Waals surface area contributed by atoms with Crippen LogP contribution in [0.15, 0.2) is 0 Å². The SMILES string of the molecule is CCC(O)O[P+](=O)OCCCl.CCCl. The van der Waals surface area contributed by atoms with E-state index in [1.54, 1.807) is 6.92 Å². The van der Waals surface area contributed by atoms with Gasteiger partial charge < -0.3 is 5.11 Å². The van der Waals surface area contributed by atoms with Crippen molar-refractivity contribution in [2.24, 2.45) is 0 Å². The van der Waals surface area contributed by atoms with Crippen LogP contribution in [0.25, 0.3) is 0 Å². The van der Waals surface area contributed by atoms with E-state index in [0.717, 1.165) is 5.88 Å². The number of halogens is 2. The van der Waals surface area contributed by atoms with E-state index >= 15 is 0 Å². The first-order chi connectivity index (χ1) is 6.62. The van der Waals surface area contributed by atoms with Crippen molar-refractivity contribution in [2.75, 3.05) is 18.4 Å². The average molecular weight is 266 g/mol. The molecule has 0 aliphatic heterocycles. The molecule has 0 rings (SSSR count). The number of rotatable bonds is 6. The van der Waals surface area contributed by atoms with Gasteiger partial charge in [-0.05, 0) is 0 Å². The lowest BCUT2D eigenvalue weighted by molar-refractivity contribution is -0.0237. The van der Waals surface area contributed by atoms with Crippen molar-refractivity contribution in [1.82, 2.24) is 0 Å². The third-order valence-electron chi connectivity index (χ3n) is 0.831. The summed E-state index contributed by atoms with van der Waals surface area (Å²) >= 11 is 10.2. The van der Waals surface area contributed by atoms with Crippen LogP contribution >= 0.6 is 31.5 Å². The maximum Gasteiger partial charge on any atom is 0.700 e. The highest BCUT2D eigenvalue weighted by atomic mass is 35.5. The Bertz CT molecular complexity index is 137. The summed E-state index contributed by atoms with van der Waals surface area (Å²) in [5.74, 6) is 0.979. The molecule has 0 heterocycles. The van der Waals surface area contributed by atoms with Crippen molar-refractivity contribution < 1.29 is 18.7 Å². The number of hydrogen-bond donors (Lipinski definition) is 1. The molecule has 0 radical (unpaired) electrons. The molecule has 0 saturated heterocycles. The number of aliphatic hydroxyl groups excluding tert-OH is 1. The molecule has 0 aromatic carbocycles. The highest BCUT2D eigenvalue weighted by Crippen LogP contribution is 2.25. The Labute approximate surface area is 95.4 Å². The van der Waals surface area contributed by atoms with Gasteiger partial charge in [-0.2, -0.15) is 0 Å².